The molecular formula is C16H15BrN4. The first-order valence-electron chi connectivity index (χ1n) is 6.58. The molecule has 0 unspecified atom stereocenters. The molecule has 0 atom stereocenters. The maximum absolute atomic E-state index is 6.21. The van der Waals surface area contributed by atoms with Crippen molar-refractivity contribution in [3.63, 3.8) is 0 Å². The standard InChI is InChI=1S/C16H15BrN4/c1-10-6-7-11(17)9-12(10)15-14(16(18)21(2)20-15)13-5-3-4-8-19-13/h3-9H,18H2,1-2H3. The molecule has 2 N–H and O–H groups in total. The van der Waals surface area contributed by atoms with Crippen molar-refractivity contribution in [1.29, 1.82) is 0 Å². The minimum atomic E-state index is 0.614. The summed E-state index contributed by atoms with van der Waals surface area (Å²) in [7, 11) is 1.85. The van der Waals surface area contributed by atoms with Gasteiger partial charge in [0.25, 0.3) is 0 Å². The molecule has 3 rings (SSSR count). The Labute approximate surface area is 131 Å². The molecule has 2 aromatic heterocycles. The van der Waals surface area contributed by atoms with Crippen LogP contribution in [0.15, 0.2) is 47.1 Å². The Kier molecular flexibility index (Phi) is 3.51. The van der Waals surface area contributed by atoms with Crippen LogP contribution in [0.2, 0.25) is 0 Å². The van der Waals surface area contributed by atoms with Gasteiger partial charge in [0.15, 0.2) is 0 Å². The predicted octanol–water partition coefficient (Wildman–Crippen LogP) is 3.80. The van der Waals surface area contributed by atoms with E-state index in [1.165, 1.54) is 0 Å². The lowest BCUT2D eigenvalue weighted by Crippen LogP contribution is -1.98. The first kappa shape index (κ1) is 13.8. The fourth-order valence-corrected chi connectivity index (χ4v) is 2.70. The van der Waals surface area contributed by atoms with Crippen LogP contribution in [0.4, 0.5) is 5.82 Å². The van der Waals surface area contributed by atoms with E-state index in [1.54, 1.807) is 10.9 Å². The lowest BCUT2D eigenvalue weighted by molar-refractivity contribution is 0.782. The zero-order valence-electron chi connectivity index (χ0n) is 11.8. The van der Waals surface area contributed by atoms with Gasteiger partial charge in [-0.25, -0.2) is 0 Å². The maximum atomic E-state index is 6.21. The summed E-state index contributed by atoms with van der Waals surface area (Å²) in [5, 5.41) is 4.59. The SMILES string of the molecule is Cc1ccc(Br)cc1-c1nn(C)c(N)c1-c1ccccn1. The van der Waals surface area contributed by atoms with Crippen molar-refractivity contribution in [2.45, 2.75) is 6.92 Å². The highest BCUT2D eigenvalue weighted by Crippen LogP contribution is 2.37. The van der Waals surface area contributed by atoms with Crippen molar-refractivity contribution in [2.75, 3.05) is 5.73 Å². The Balaban J connectivity index is 2.29. The number of nitrogens with zero attached hydrogens (tertiary/aromatic N) is 3. The van der Waals surface area contributed by atoms with Crippen LogP contribution < -0.4 is 5.73 Å². The van der Waals surface area contributed by atoms with Crippen LogP contribution in [0.3, 0.4) is 0 Å². The number of rotatable bonds is 2. The van der Waals surface area contributed by atoms with Crippen LogP contribution in [0.1, 0.15) is 5.56 Å². The number of nitrogens with two attached hydrogens (primary N) is 1. The van der Waals surface area contributed by atoms with Gasteiger partial charge in [0, 0.05) is 23.3 Å². The van der Waals surface area contributed by atoms with Crippen molar-refractivity contribution in [3.8, 4) is 22.5 Å². The molecule has 0 bridgehead atoms. The van der Waals surface area contributed by atoms with Gasteiger partial charge in [-0.3, -0.25) is 9.67 Å². The summed E-state index contributed by atoms with van der Waals surface area (Å²) in [4.78, 5) is 4.42. The first-order chi connectivity index (χ1) is 10.1. The summed E-state index contributed by atoms with van der Waals surface area (Å²) >= 11 is 3.52. The highest BCUT2D eigenvalue weighted by Gasteiger charge is 2.19. The van der Waals surface area contributed by atoms with Crippen molar-refractivity contribution in [3.05, 3.63) is 52.6 Å². The van der Waals surface area contributed by atoms with E-state index < -0.39 is 0 Å². The van der Waals surface area contributed by atoms with Crippen LogP contribution in [-0.2, 0) is 7.05 Å². The predicted molar refractivity (Wildman–Crippen MR) is 88.7 cm³/mol. The molecule has 5 heteroatoms. The Morgan fingerprint density at radius 1 is 1.19 bits per heavy atom. The van der Waals surface area contributed by atoms with Crippen LogP contribution in [0, 0.1) is 6.92 Å². The third kappa shape index (κ3) is 2.45. The van der Waals surface area contributed by atoms with Crippen LogP contribution in [0.5, 0.6) is 0 Å². The average Bonchev–Trinajstić information content (AvgIpc) is 2.78. The molecule has 4 nitrogen and oxygen atoms in total. The monoisotopic (exact) mass is 342 g/mol. The van der Waals surface area contributed by atoms with Gasteiger partial charge in [-0.15, -0.1) is 0 Å². The molecule has 3 aromatic rings. The van der Waals surface area contributed by atoms with Crippen LogP contribution in [-0.4, -0.2) is 14.8 Å². The van der Waals surface area contributed by atoms with Gasteiger partial charge < -0.3 is 5.73 Å². The number of halogens is 1. The quantitative estimate of drug-likeness (QED) is 0.770. The second-order valence-corrected chi connectivity index (χ2v) is 5.82. The van der Waals surface area contributed by atoms with E-state index in [2.05, 4.69) is 45.1 Å². The van der Waals surface area contributed by atoms with Gasteiger partial charge in [0.1, 0.15) is 11.5 Å². The summed E-state index contributed by atoms with van der Waals surface area (Å²) in [6, 6.07) is 11.9. The second-order valence-electron chi connectivity index (χ2n) is 4.91. The number of aromatic nitrogens is 3. The smallest absolute Gasteiger partial charge is 0.131 e. The van der Waals surface area contributed by atoms with Gasteiger partial charge in [-0.1, -0.05) is 28.1 Å². The Morgan fingerprint density at radius 2 is 2.00 bits per heavy atom. The van der Waals surface area contributed by atoms with Crippen LogP contribution in [0.25, 0.3) is 22.5 Å². The summed E-state index contributed by atoms with van der Waals surface area (Å²) in [6.45, 7) is 2.06. The van der Waals surface area contributed by atoms with E-state index in [0.29, 0.717) is 5.82 Å². The number of aryl methyl sites for hydroxylation is 2. The fourth-order valence-electron chi connectivity index (χ4n) is 2.34. The van der Waals surface area contributed by atoms with E-state index in [9.17, 15) is 0 Å². The van der Waals surface area contributed by atoms with Crippen molar-refractivity contribution in [2.24, 2.45) is 7.05 Å². The minimum absolute atomic E-state index is 0.614. The number of hydrogen-bond acceptors (Lipinski definition) is 3. The lowest BCUT2D eigenvalue weighted by atomic mass is 10.0. The topological polar surface area (TPSA) is 56.7 Å². The molecule has 0 fully saturated rings. The van der Waals surface area contributed by atoms with Gasteiger partial charge in [0.05, 0.1) is 11.3 Å². The first-order valence-corrected chi connectivity index (χ1v) is 7.37. The highest BCUT2D eigenvalue weighted by molar-refractivity contribution is 9.10. The van der Waals surface area contributed by atoms with E-state index >= 15 is 0 Å². The number of nitrogen functional groups attached to an aromatic ring is 1. The number of hydrogen-bond donors (Lipinski definition) is 1. The van der Waals surface area contributed by atoms with Gasteiger partial charge in [0.2, 0.25) is 0 Å². The Morgan fingerprint density at radius 3 is 2.71 bits per heavy atom. The zero-order chi connectivity index (χ0) is 15.0. The second kappa shape index (κ2) is 5.33. The third-order valence-electron chi connectivity index (χ3n) is 3.47. The van der Waals surface area contributed by atoms with Gasteiger partial charge in [-0.05, 0) is 36.8 Å². The average molecular weight is 343 g/mol. The summed E-state index contributed by atoms with van der Waals surface area (Å²) in [6.07, 6.45) is 1.76. The molecule has 0 amide bonds. The Bertz CT molecular complexity index is 794. The number of benzene rings is 1. The molecule has 0 aliphatic heterocycles. The molecule has 2 heterocycles. The van der Waals surface area contributed by atoms with Crippen molar-refractivity contribution < 1.29 is 0 Å². The Hall–Kier alpha value is -2.14. The molecule has 0 spiro atoms. The molecule has 0 saturated heterocycles. The van der Waals surface area contributed by atoms with Crippen molar-refractivity contribution >= 4 is 21.7 Å². The van der Waals surface area contributed by atoms with Gasteiger partial charge in [-0.2, -0.15) is 5.10 Å². The van der Waals surface area contributed by atoms with E-state index in [0.717, 1.165) is 32.6 Å². The molecule has 1 aromatic carbocycles. The summed E-state index contributed by atoms with van der Waals surface area (Å²) < 4.78 is 2.71. The molecule has 106 valence electrons. The zero-order valence-corrected chi connectivity index (χ0v) is 13.4. The van der Waals surface area contributed by atoms with Crippen molar-refractivity contribution in [1.82, 2.24) is 14.8 Å². The highest BCUT2D eigenvalue weighted by atomic mass is 79.9. The molecule has 0 aliphatic carbocycles. The van der Waals surface area contributed by atoms with Gasteiger partial charge >= 0.3 is 0 Å². The normalized spacial score (nSPS) is 10.8. The lowest BCUT2D eigenvalue weighted by Gasteiger charge is -2.07. The summed E-state index contributed by atoms with van der Waals surface area (Å²) in [5.74, 6) is 0.614. The molecule has 0 aliphatic rings. The number of anilines is 1. The fraction of sp³-hybridized carbons (Fsp3) is 0.125. The maximum Gasteiger partial charge on any atom is 0.131 e. The van der Waals surface area contributed by atoms with E-state index in [-0.39, 0.29) is 0 Å². The van der Waals surface area contributed by atoms with E-state index in [1.807, 2.05) is 31.3 Å². The van der Waals surface area contributed by atoms with Crippen LogP contribution >= 0.6 is 15.9 Å². The molecule has 0 radical (unpaired) electrons. The summed E-state index contributed by atoms with van der Waals surface area (Å²) in [5.41, 5.74) is 11.0. The molecule has 0 saturated carbocycles. The molecule has 21 heavy (non-hydrogen) atoms. The van der Waals surface area contributed by atoms with E-state index in [4.69, 9.17) is 5.73 Å². The third-order valence-corrected chi connectivity index (χ3v) is 3.96. The largest absolute Gasteiger partial charge is 0.383 e. The minimum Gasteiger partial charge on any atom is -0.383 e. The molecular weight excluding hydrogens is 328 g/mol. The number of pyridine rings is 1.